The maximum atomic E-state index is 13.2. The number of aromatic nitrogens is 2. The summed E-state index contributed by atoms with van der Waals surface area (Å²) in [4.78, 5) is 44.4. The molecule has 0 atom stereocenters. The Bertz CT molecular complexity index is 1170. The number of hydrogen-bond donors (Lipinski definition) is 0. The van der Waals surface area contributed by atoms with Gasteiger partial charge in [0.1, 0.15) is 17.8 Å². The van der Waals surface area contributed by atoms with Crippen molar-refractivity contribution >= 4 is 28.6 Å². The van der Waals surface area contributed by atoms with Crippen molar-refractivity contribution in [3.8, 4) is 0 Å². The minimum Gasteiger partial charge on any atom is -0.462 e. The number of amides is 1. The van der Waals surface area contributed by atoms with Gasteiger partial charge in [-0.05, 0) is 57.5 Å². The SMILES string of the molecule is CCOC(=O)c1cn(CC(=O)N(CC)c2cccc(C)c2)c2nc(C)ccc2c1=O. The molecule has 7 nitrogen and oxygen atoms in total. The second-order valence-electron chi connectivity index (χ2n) is 7.02. The van der Waals surface area contributed by atoms with Crippen LogP contribution >= 0.6 is 0 Å². The number of carbonyl (C=O) groups is 2. The van der Waals surface area contributed by atoms with Gasteiger partial charge >= 0.3 is 5.97 Å². The predicted molar refractivity (Wildman–Crippen MR) is 116 cm³/mol. The van der Waals surface area contributed by atoms with Gasteiger partial charge < -0.3 is 14.2 Å². The molecule has 0 bridgehead atoms. The average molecular weight is 407 g/mol. The molecule has 7 heteroatoms. The summed E-state index contributed by atoms with van der Waals surface area (Å²) >= 11 is 0. The molecule has 0 saturated heterocycles. The first-order valence-corrected chi connectivity index (χ1v) is 9.90. The summed E-state index contributed by atoms with van der Waals surface area (Å²) in [7, 11) is 0. The van der Waals surface area contributed by atoms with E-state index in [-0.39, 0.29) is 30.0 Å². The van der Waals surface area contributed by atoms with E-state index in [0.29, 0.717) is 17.9 Å². The highest BCUT2D eigenvalue weighted by atomic mass is 16.5. The molecule has 3 aromatic rings. The number of likely N-dealkylation sites (N-methyl/N-ethyl adjacent to an activating group) is 1. The molecular formula is C23H25N3O4. The van der Waals surface area contributed by atoms with Crippen LogP contribution in [0.1, 0.15) is 35.5 Å². The molecule has 0 aliphatic rings. The van der Waals surface area contributed by atoms with E-state index in [1.54, 1.807) is 35.4 Å². The van der Waals surface area contributed by atoms with Crippen molar-refractivity contribution < 1.29 is 14.3 Å². The van der Waals surface area contributed by atoms with E-state index in [1.165, 1.54) is 6.20 Å². The van der Waals surface area contributed by atoms with E-state index in [9.17, 15) is 14.4 Å². The molecule has 0 unspecified atom stereocenters. The second kappa shape index (κ2) is 8.90. The molecule has 0 fully saturated rings. The highest BCUT2D eigenvalue weighted by Gasteiger charge is 2.20. The molecule has 0 spiro atoms. The molecule has 0 radical (unpaired) electrons. The maximum absolute atomic E-state index is 13.2. The molecule has 3 rings (SSSR count). The van der Waals surface area contributed by atoms with Crippen LogP contribution in [0.3, 0.4) is 0 Å². The fourth-order valence-electron chi connectivity index (χ4n) is 3.36. The van der Waals surface area contributed by atoms with Gasteiger partial charge in [0.05, 0.1) is 12.0 Å². The van der Waals surface area contributed by atoms with Crippen molar-refractivity contribution in [2.45, 2.75) is 34.2 Å². The fourth-order valence-corrected chi connectivity index (χ4v) is 3.36. The topological polar surface area (TPSA) is 81.5 Å². The Morgan fingerprint density at radius 1 is 1.13 bits per heavy atom. The molecule has 0 saturated carbocycles. The molecule has 156 valence electrons. The zero-order valence-corrected chi connectivity index (χ0v) is 17.6. The number of hydrogen-bond acceptors (Lipinski definition) is 5. The van der Waals surface area contributed by atoms with Crippen molar-refractivity contribution in [3.05, 3.63) is 69.6 Å². The largest absolute Gasteiger partial charge is 0.462 e. The van der Waals surface area contributed by atoms with Crippen molar-refractivity contribution in [1.82, 2.24) is 9.55 Å². The number of pyridine rings is 2. The Kier molecular flexibility index (Phi) is 6.30. The van der Waals surface area contributed by atoms with Gasteiger partial charge in [-0.15, -0.1) is 0 Å². The van der Waals surface area contributed by atoms with E-state index in [1.807, 2.05) is 38.1 Å². The predicted octanol–water partition coefficient (Wildman–Crippen LogP) is 3.24. The summed E-state index contributed by atoms with van der Waals surface area (Å²) in [5.74, 6) is -0.886. The Morgan fingerprint density at radius 2 is 1.90 bits per heavy atom. The molecule has 1 amide bonds. The number of carbonyl (C=O) groups excluding carboxylic acids is 2. The lowest BCUT2D eigenvalue weighted by Crippen LogP contribution is -2.34. The molecule has 30 heavy (non-hydrogen) atoms. The van der Waals surface area contributed by atoms with Crippen molar-refractivity contribution in [3.63, 3.8) is 0 Å². The Morgan fingerprint density at radius 3 is 2.57 bits per heavy atom. The summed E-state index contributed by atoms with van der Waals surface area (Å²) in [5.41, 5.74) is 2.35. The standard InChI is InChI=1S/C23H25N3O4/c1-5-26(17-9-7-8-15(3)12-17)20(27)14-25-13-19(23(29)30-6-2)21(28)18-11-10-16(4)24-22(18)25/h7-13H,5-6,14H2,1-4H3. The monoisotopic (exact) mass is 407 g/mol. The minimum absolute atomic E-state index is 0.0680. The van der Waals surface area contributed by atoms with Gasteiger partial charge in [0.15, 0.2) is 0 Å². The van der Waals surface area contributed by atoms with Gasteiger partial charge in [-0.25, -0.2) is 9.78 Å². The van der Waals surface area contributed by atoms with Crippen LogP contribution in [0.15, 0.2) is 47.4 Å². The van der Waals surface area contributed by atoms with Crippen LogP contribution in [0.2, 0.25) is 0 Å². The summed E-state index contributed by atoms with van der Waals surface area (Å²) < 4.78 is 6.58. The first kappa shape index (κ1) is 21.2. The van der Waals surface area contributed by atoms with Crippen molar-refractivity contribution in [2.75, 3.05) is 18.1 Å². The highest BCUT2D eigenvalue weighted by Crippen LogP contribution is 2.18. The number of ether oxygens (including phenoxy) is 1. The highest BCUT2D eigenvalue weighted by molar-refractivity contribution is 5.96. The summed E-state index contributed by atoms with van der Waals surface area (Å²) in [6.07, 6.45) is 1.37. The molecule has 2 aromatic heterocycles. The molecule has 0 N–H and O–H groups in total. The smallest absolute Gasteiger partial charge is 0.343 e. The quantitative estimate of drug-likeness (QED) is 0.586. The van der Waals surface area contributed by atoms with E-state index in [2.05, 4.69) is 4.98 Å². The number of anilines is 1. The van der Waals surface area contributed by atoms with Gasteiger partial charge in [-0.1, -0.05) is 12.1 Å². The summed E-state index contributed by atoms with van der Waals surface area (Å²) in [6, 6.07) is 11.0. The van der Waals surface area contributed by atoms with E-state index in [4.69, 9.17) is 4.74 Å². The van der Waals surface area contributed by atoms with E-state index >= 15 is 0 Å². The zero-order valence-electron chi connectivity index (χ0n) is 17.6. The van der Waals surface area contributed by atoms with Crippen LogP contribution in [-0.2, 0) is 16.1 Å². The second-order valence-corrected chi connectivity index (χ2v) is 7.02. The molecular weight excluding hydrogens is 382 g/mol. The number of rotatable bonds is 6. The number of aryl methyl sites for hydroxylation is 2. The fraction of sp³-hybridized carbons (Fsp3) is 0.304. The zero-order chi connectivity index (χ0) is 21.8. The third kappa shape index (κ3) is 4.25. The lowest BCUT2D eigenvalue weighted by atomic mass is 10.1. The Balaban J connectivity index is 2.08. The number of fused-ring (bicyclic) bond motifs is 1. The molecule has 0 aliphatic heterocycles. The number of benzene rings is 1. The van der Waals surface area contributed by atoms with Gasteiger partial charge in [0.2, 0.25) is 11.3 Å². The van der Waals surface area contributed by atoms with Crippen LogP contribution < -0.4 is 10.3 Å². The van der Waals surface area contributed by atoms with Gasteiger partial charge in [-0.3, -0.25) is 9.59 Å². The first-order chi connectivity index (χ1) is 14.3. The Hall–Kier alpha value is -3.48. The van der Waals surface area contributed by atoms with Gasteiger partial charge in [0.25, 0.3) is 0 Å². The van der Waals surface area contributed by atoms with Gasteiger partial charge in [0, 0.05) is 24.1 Å². The van der Waals surface area contributed by atoms with Gasteiger partial charge in [-0.2, -0.15) is 0 Å². The number of esters is 1. The van der Waals surface area contributed by atoms with Crippen LogP contribution in [0.25, 0.3) is 11.0 Å². The molecule has 1 aromatic carbocycles. The lowest BCUT2D eigenvalue weighted by Gasteiger charge is -2.23. The Labute approximate surface area is 174 Å². The molecule has 0 aliphatic carbocycles. The first-order valence-electron chi connectivity index (χ1n) is 9.90. The van der Waals surface area contributed by atoms with Crippen LogP contribution in [0.4, 0.5) is 5.69 Å². The normalized spacial score (nSPS) is 10.8. The minimum atomic E-state index is -0.711. The van der Waals surface area contributed by atoms with Crippen LogP contribution in [-0.4, -0.2) is 34.6 Å². The maximum Gasteiger partial charge on any atom is 0.343 e. The van der Waals surface area contributed by atoms with E-state index in [0.717, 1.165) is 11.3 Å². The van der Waals surface area contributed by atoms with Crippen molar-refractivity contribution in [2.24, 2.45) is 0 Å². The summed E-state index contributed by atoms with van der Waals surface area (Å²) in [5, 5.41) is 0.276. The average Bonchev–Trinajstić information content (AvgIpc) is 2.70. The van der Waals surface area contributed by atoms with Crippen molar-refractivity contribution in [1.29, 1.82) is 0 Å². The van der Waals surface area contributed by atoms with Crippen LogP contribution in [0, 0.1) is 13.8 Å². The summed E-state index contributed by atoms with van der Waals surface area (Å²) in [6.45, 7) is 7.91. The van der Waals surface area contributed by atoms with E-state index < -0.39 is 11.4 Å². The number of nitrogens with zero attached hydrogens (tertiary/aromatic N) is 3. The molecule has 2 heterocycles. The third-order valence-electron chi connectivity index (χ3n) is 4.79. The van der Waals surface area contributed by atoms with Crippen LogP contribution in [0.5, 0.6) is 0 Å². The third-order valence-corrected chi connectivity index (χ3v) is 4.79. The lowest BCUT2D eigenvalue weighted by molar-refractivity contribution is -0.119.